The normalized spacial score (nSPS) is 15.7. The van der Waals surface area contributed by atoms with Crippen molar-refractivity contribution >= 4 is 38.9 Å². The van der Waals surface area contributed by atoms with E-state index in [1.54, 1.807) is 29.2 Å². The van der Waals surface area contributed by atoms with Crippen LogP contribution < -0.4 is 9.62 Å². The Kier molecular flexibility index (Phi) is 4.88. The molecule has 1 N–H and O–H groups in total. The molecule has 0 aromatic heterocycles. The van der Waals surface area contributed by atoms with E-state index in [-0.39, 0.29) is 11.7 Å². The van der Waals surface area contributed by atoms with Crippen LogP contribution >= 0.6 is 11.6 Å². The fourth-order valence-corrected chi connectivity index (χ4v) is 3.52. The van der Waals surface area contributed by atoms with Gasteiger partial charge < -0.3 is 4.90 Å². The van der Waals surface area contributed by atoms with Crippen LogP contribution in [0.2, 0.25) is 0 Å². The van der Waals surface area contributed by atoms with Crippen molar-refractivity contribution in [2.45, 2.75) is 19.3 Å². The number of sulfonamides is 1. The van der Waals surface area contributed by atoms with Gasteiger partial charge in [0.25, 0.3) is 0 Å². The summed E-state index contributed by atoms with van der Waals surface area (Å²) >= 11 is 5.49. The molecule has 0 aliphatic carbocycles. The minimum Gasteiger partial charge on any atom is -0.312 e. The molecule has 1 aromatic rings. The van der Waals surface area contributed by atoms with E-state index in [0.29, 0.717) is 24.4 Å². The van der Waals surface area contributed by atoms with Gasteiger partial charge in [-0.3, -0.25) is 9.52 Å². The zero-order chi connectivity index (χ0) is 14.6. The van der Waals surface area contributed by atoms with Gasteiger partial charge in [-0.1, -0.05) is 0 Å². The molecule has 0 saturated carbocycles. The Labute approximate surface area is 124 Å². The Morgan fingerprint density at radius 2 is 1.95 bits per heavy atom. The first-order valence-electron chi connectivity index (χ1n) is 6.49. The topological polar surface area (TPSA) is 66.5 Å². The molecule has 1 heterocycles. The monoisotopic (exact) mass is 316 g/mol. The molecule has 5 nitrogen and oxygen atoms in total. The number of hydrogen-bond donors (Lipinski definition) is 1. The highest BCUT2D eigenvalue weighted by Crippen LogP contribution is 2.23. The minimum absolute atomic E-state index is 0.00284. The molecule has 1 amide bonds. The summed E-state index contributed by atoms with van der Waals surface area (Å²) in [4.78, 5) is 13.3. The third kappa shape index (κ3) is 3.86. The number of nitrogens with zero attached hydrogens (tertiary/aromatic N) is 1. The van der Waals surface area contributed by atoms with E-state index in [1.165, 1.54) is 0 Å². The summed E-state index contributed by atoms with van der Waals surface area (Å²) in [6, 6.07) is 6.84. The van der Waals surface area contributed by atoms with Gasteiger partial charge in [-0.15, -0.1) is 11.6 Å². The van der Waals surface area contributed by atoms with Gasteiger partial charge >= 0.3 is 0 Å². The van der Waals surface area contributed by atoms with E-state index in [0.717, 1.165) is 18.7 Å². The zero-order valence-corrected chi connectivity index (χ0v) is 12.6. The van der Waals surface area contributed by atoms with Crippen molar-refractivity contribution in [3.63, 3.8) is 0 Å². The Hall–Kier alpha value is -1.27. The van der Waals surface area contributed by atoms with E-state index in [2.05, 4.69) is 4.72 Å². The quantitative estimate of drug-likeness (QED) is 0.818. The standard InChI is InChI=1S/C13H17ClN2O3S/c14-8-2-10-20(18,19)15-11-4-6-12(7-5-11)16-9-1-3-13(16)17/h4-7,15H,1-3,8-10H2. The largest absolute Gasteiger partial charge is 0.312 e. The second-order valence-electron chi connectivity index (χ2n) is 4.66. The summed E-state index contributed by atoms with van der Waals surface area (Å²) in [6.45, 7) is 0.722. The number of alkyl halides is 1. The van der Waals surface area contributed by atoms with Gasteiger partial charge in [-0.25, -0.2) is 8.42 Å². The molecular weight excluding hydrogens is 300 g/mol. The van der Waals surface area contributed by atoms with Crippen LogP contribution in [-0.4, -0.2) is 32.5 Å². The maximum absolute atomic E-state index is 11.7. The SMILES string of the molecule is O=C1CCCN1c1ccc(NS(=O)(=O)CCCCl)cc1. The van der Waals surface area contributed by atoms with Gasteiger partial charge in [-0.2, -0.15) is 0 Å². The molecule has 1 aliphatic heterocycles. The lowest BCUT2D eigenvalue weighted by molar-refractivity contribution is -0.117. The fraction of sp³-hybridized carbons (Fsp3) is 0.462. The van der Waals surface area contributed by atoms with Gasteiger partial charge in [0.2, 0.25) is 15.9 Å². The number of anilines is 2. The van der Waals surface area contributed by atoms with Crippen molar-refractivity contribution in [1.29, 1.82) is 0 Å². The lowest BCUT2D eigenvalue weighted by Gasteiger charge is -2.16. The van der Waals surface area contributed by atoms with Crippen molar-refractivity contribution in [1.82, 2.24) is 0 Å². The Morgan fingerprint density at radius 3 is 2.50 bits per heavy atom. The third-order valence-corrected chi connectivity index (χ3v) is 4.71. The number of hydrogen-bond acceptors (Lipinski definition) is 3. The maximum atomic E-state index is 11.7. The third-order valence-electron chi connectivity index (χ3n) is 3.07. The average Bonchev–Trinajstić information content (AvgIpc) is 2.83. The summed E-state index contributed by atoms with van der Waals surface area (Å²) in [5, 5.41) is 0. The lowest BCUT2D eigenvalue weighted by Crippen LogP contribution is -2.23. The zero-order valence-electron chi connectivity index (χ0n) is 11.0. The van der Waals surface area contributed by atoms with Gasteiger partial charge in [0.15, 0.2) is 0 Å². The maximum Gasteiger partial charge on any atom is 0.232 e. The van der Waals surface area contributed by atoms with Crippen LogP contribution in [0.4, 0.5) is 11.4 Å². The first-order chi connectivity index (χ1) is 9.52. The molecule has 0 bridgehead atoms. The summed E-state index contributed by atoms with van der Waals surface area (Å²) in [5.41, 5.74) is 1.30. The number of benzene rings is 1. The van der Waals surface area contributed by atoms with Crippen LogP contribution in [0.3, 0.4) is 0 Å². The smallest absolute Gasteiger partial charge is 0.232 e. The number of rotatable bonds is 6. The predicted octanol–water partition coefficient (Wildman–Crippen LogP) is 2.18. The lowest BCUT2D eigenvalue weighted by atomic mass is 10.2. The van der Waals surface area contributed by atoms with Crippen molar-refractivity contribution in [3.05, 3.63) is 24.3 Å². The van der Waals surface area contributed by atoms with Crippen molar-refractivity contribution < 1.29 is 13.2 Å². The molecule has 1 saturated heterocycles. The predicted molar refractivity (Wildman–Crippen MR) is 80.8 cm³/mol. The fourth-order valence-electron chi connectivity index (χ4n) is 2.11. The number of halogens is 1. The summed E-state index contributed by atoms with van der Waals surface area (Å²) in [7, 11) is -3.35. The molecule has 7 heteroatoms. The highest BCUT2D eigenvalue weighted by Gasteiger charge is 2.21. The van der Waals surface area contributed by atoms with Crippen molar-refractivity contribution in [2.75, 3.05) is 27.8 Å². The van der Waals surface area contributed by atoms with E-state index < -0.39 is 10.0 Å². The first-order valence-corrected chi connectivity index (χ1v) is 8.67. The van der Waals surface area contributed by atoms with Gasteiger partial charge in [0.05, 0.1) is 5.75 Å². The van der Waals surface area contributed by atoms with Crippen molar-refractivity contribution in [3.8, 4) is 0 Å². The van der Waals surface area contributed by atoms with Crippen LogP contribution in [0.1, 0.15) is 19.3 Å². The number of amides is 1. The van der Waals surface area contributed by atoms with Crippen LogP contribution in [0.15, 0.2) is 24.3 Å². The second-order valence-corrected chi connectivity index (χ2v) is 6.88. The molecule has 1 aliphatic rings. The first kappa shape index (κ1) is 15.1. The molecule has 0 spiro atoms. The van der Waals surface area contributed by atoms with Crippen LogP contribution in [0.5, 0.6) is 0 Å². The number of nitrogens with one attached hydrogen (secondary N) is 1. The highest BCUT2D eigenvalue weighted by atomic mass is 35.5. The molecule has 2 rings (SSSR count). The molecule has 20 heavy (non-hydrogen) atoms. The van der Waals surface area contributed by atoms with Gasteiger partial charge in [0.1, 0.15) is 0 Å². The van der Waals surface area contributed by atoms with E-state index >= 15 is 0 Å². The Morgan fingerprint density at radius 1 is 1.25 bits per heavy atom. The van der Waals surface area contributed by atoms with E-state index in [9.17, 15) is 13.2 Å². The molecular formula is C13H17ClN2O3S. The van der Waals surface area contributed by atoms with Gasteiger partial charge in [-0.05, 0) is 37.1 Å². The van der Waals surface area contributed by atoms with E-state index in [4.69, 9.17) is 11.6 Å². The number of carbonyl (C=O) groups is 1. The highest BCUT2D eigenvalue weighted by molar-refractivity contribution is 7.92. The second kappa shape index (κ2) is 6.45. The Bertz CT molecular complexity index is 572. The molecule has 110 valence electrons. The van der Waals surface area contributed by atoms with Crippen LogP contribution in [0, 0.1) is 0 Å². The molecule has 1 aromatic carbocycles. The number of carbonyl (C=O) groups excluding carboxylic acids is 1. The summed E-state index contributed by atoms with van der Waals surface area (Å²) in [5.74, 6) is 0.431. The summed E-state index contributed by atoms with van der Waals surface area (Å²) in [6.07, 6.45) is 1.86. The molecule has 0 unspecified atom stereocenters. The summed E-state index contributed by atoms with van der Waals surface area (Å²) < 4.78 is 25.9. The minimum atomic E-state index is -3.35. The molecule has 1 fully saturated rings. The van der Waals surface area contributed by atoms with E-state index in [1.807, 2.05) is 0 Å². The van der Waals surface area contributed by atoms with Gasteiger partial charge in [0, 0.05) is 30.2 Å². The van der Waals surface area contributed by atoms with Crippen LogP contribution in [-0.2, 0) is 14.8 Å². The molecule has 0 radical (unpaired) electrons. The Balaban J connectivity index is 2.03. The van der Waals surface area contributed by atoms with Crippen molar-refractivity contribution in [2.24, 2.45) is 0 Å². The average molecular weight is 317 g/mol. The van der Waals surface area contributed by atoms with Crippen LogP contribution in [0.25, 0.3) is 0 Å². The molecule has 0 atom stereocenters.